The first-order chi connectivity index (χ1) is 17.6. The maximum absolute atomic E-state index is 13.1. The van der Waals surface area contributed by atoms with Crippen LogP contribution in [0.4, 0.5) is 0 Å². The molecular formula is C28H30N6OS. The first-order valence-corrected chi connectivity index (χ1v) is 13.2. The number of benzene rings is 2. The van der Waals surface area contributed by atoms with Gasteiger partial charge in [-0.15, -0.1) is 16.4 Å². The van der Waals surface area contributed by atoms with E-state index in [2.05, 4.69) is 75.0 Å². The van der Waals surface area contributed by atoms with Crippen LogP contribution in [0.15, 0.2) is 76.9 Å². The molecule has 3 heterocycles. The number of H-pyrrole nitrogens is 1. The summed E-state index contributed by atoms with van der Waals surface area (Å²) in [5.74, 6) is 0.824. The van der Waals surface area contributed by atoms with Crippen LogP contribution < -0.4 is 5.56 Å². The molecule has 1 unspecified atom stereocenters. The maximum atomic E-state index is 13.1. The smallest absolute Gasteiger partial charge is 0.252 e. The van der Waals surface area contributed by atoms with Gasteiger partial charge in [-0.1, -0.05) is 61.4 Å². The fraction of sp³-hybridized carbons (Fsp3) is 0.286. The molecule has 0 radical (unpaired) electrons. The SMILES string of the molecule is CCCC(c1nnnn1Cc1ccccc1)N(Cc1cccs1)Cc1cc2cc(C)ccc2[nH]c1=O. The van der Waals surface area contributed by atoms with Gasteiger partial charge in [0, 0.05) is 29.0 Å². The molecule has 7 nitrogen and oxygen atoms in total. The molecule has 0 spiro atoms. The van der Waals surface area contributed by atoms with Crippen LogP contribution in [0.25, 0.3) is 10.9 Å². The first-order valence-electron chi connectivity index (χ1n) is 12.3. The predicted molar refractivity (Wildman–Crippen MR) is 144 cm³/mol. The zero-order valence-corrected chi connectivity index (χ0v) is 21.4. The molecule has 5 aromatic rings. The lowest BCUT2D eigenvalue weighted by Crippen LogP contribution is -2.32. The van der Waals surface area contributed by atoms with E-state index in [-0.39, 0.29) is 11.6 Å². The Morgan fingerprint density at radius 3 is 2.69 bits per heavy atom. The van der Waals surface area contributed by atoms with Crippen LogP contribution in [0.2, 0.25) is 0 Å². The van der Waals surface area contributed by atoms with Crippen molar-refractivity contribution in [3.8, 4) is 0 Å². The second kappa shape index (κ2) is 11.0. The normalized spacial score (nSPS) is 12.4. The van der Waals surface area contributed by atoms with Crippen molar-refractivity contribution in [2.75, 3.05) is 0 Å². The summed E-state index contributed by atoms with van der Waals surface area (Å²) in [6, 6.07) is 22.5. The van der Waals surface area contributed by atoms with Crippen molar-refractivity contribution < 1.29 is 0 Å². The molecule has 1 atom stereocenters. The molecule has 0 bridgehead atoms. The Morgan fingerprint density at radius 2 is 1.92 bits per heavy atom. The van der Waals surface area contributed by atoms with Gasteiger partial charge in [-0.25, -0.2) is 4.68 Å². The van der Waals surface area contributed by atoms with Crippen LogP contribution in [0.5, 0.6) is 0 Å². The van der Waals surface area contributed by atoms with Crippen molar-refractivity contribution in [2.24, 2.45) is 0 Å². The summed E-state index contributed by atoms with van der Waals surface area (Å²) in [6.07, 6.45) is 1.85. The lowest BCUT2D eigenvalue weighted by molar-refractivity contribution is 0.157. The van der Waals surface area contributed by atoms with Crippen LogP contribution >= 0.6 is 11.3 Å². The first kappa shape index (κ1) is 24.1. The summed E-state index contributed by atoms with van der Waals surface area (Å²) >= 11 is 1.72. The quantitative estimate of drug-likeness (QED) is 0.276. The van der Waals surface area contributed by atoms with Gasteiger partial charge in [-0.3, -0.25) is 9.69 Å². The van der Waals surface area contributed by atoms with Gasteiger partial charge >= 0.3 is 0 Å². The molecule has 3 aromatic heterocycles. The fourth-order valence-electron chi connectivity index (χ4n) is 4.65. The number of tetrazole rings is 1. The number of hydrogen-bond acceptors (Lipinski definition) is 6. The highest BCUT2D eigenvalue weighted by Gasteiger charge is 2.27. The van der Waals surface area contributed by atoms with Crippen molar-refractivity contribution in [3.63, 3.8) is 0 Å². The Morgan fingerprint density at radius 1 is 1.06 bits per heavy atom. The zero-order valence-electron chi connectivity index (χ0n) is 20.6. The van der Waals surface area contributed by atoms with E-state index in [4.69, 9.17) is 0 Å². The molecule has 0 aliphatic carbocycles. The molecule has 0 fully saturated rings. The van der Waals surface area contributed by atoms with E-state index < -0.39 is 0 Å². The van der Waals surface area contributed by atoms with Crippen molar-refractivity contribution >= 4 is 22.2 Å². The summed E-state index contributed by atoms with van der Waals surface area (Å²) in [5.41, 5.74) is 3.86. The molecule has 184 valence electrons. The Hall–Kier alpha value is -3.62. The van der Waals surface area contributed by atoms with Crippen LogP contribution in [0, 0.1) is 6.92 Å². The molecule has 0 saturated carbocycles. The molecule has 8 heteroatoms. The average Bonchev–Trinajstić information content (AvgIpc) is 3.56. The number of aromatic nitrogens is 5. The average molecular weight is 499 g/mol. The number of pyridine rings is 1. The van der Waals surface area contributed by atoms with Gasteiger partial charge in [-0.2, -0.15) is 0 Å². The van der Waals surface area contributed by atoms with Crippen molar-refractivity contribution in [3.05, 3.63) is 110 Å². The molecule has 0 aliphatic heterocycles. The number of nitrogens with one attached hydrogen (secondary N) is 1. The highest BCUT2D eigenvalue weighted by molar-refractivity contribution is 7.09. The molecule has 0 aliphatic rings. The minimum absolute atomic E-state index is 0.0385. The molecule has 0 saturated heterocycles. The van der Waals surface area contributed by atoms with E-state index in [1.807, 2.05) is 41.1 Å². The zero-order chi connectivity index (χ0) is 24.9. The minimum atomic E-state index is -0.0540. The number of aryl methyl sites for hydroxylation is 1. The third kappa shape index (κ3) is 5.45. The second-order valence-electron chi connectivity index (χ2n) is 9.18. The molecule has 0 amide bonds. The second-order valence-corrected chi connectivity index (χ2v) is 10.2. The monoisotopic (exact) mass is 498 g/mol. The Bertz CT molecular complexity index is 1480. The molecule has 1 N–H and O–H groups in total. The van der Waals surface area contributed by atoms with Crippen LogP contribution in [-0.4, -0.2) is 30.1 Å². The van der Waals surface area contributed by atoms with Gasteiger partial charge in [0.05, 0.1) is 12.6 Å². The van der Waals surface area contributed by atoms with Gasteiger partial charge < -0.3 is 4.98 Å². The Kier molecular flexibility index (Phi) is 7.34. The summed E-state index contributed by atoms with van der Waals surface area (Å²) in [7, 11) is 0. The lowest BCUT2D eigenvalue weighted by Gasteiger charge is -2.30. The summed E-state index contributed by atoms with van der Waals surface area (Å²) < 4.78 is 1.89. The maximum Gasteiger partial charge on any atom is 0.252 e. The number of hydrogen-bond donors (Lipinski definition) is 1. The van der Waals surface area contributed by atoms with E-state index in [0.717, 1.165) is 40.7 Å². The number of nitrogens with zero attached hydrogens (tertiary/aromatic N) is 5. The largest absolute Gasteiger partial charge is 0.322 e. The van der Waals surface area contributed by atoms with Crippen LogP contribution in [0.3, 0.4) is 0 Å². The van der Waals surface area contributed by atoms with E-state index in [1.54, 1.807) is 11.3 Å². The number of aromatic amines is 1. The Balaban J connectivity index is 1.52. The standard InChI is InChI=1S/C28H30N6OS/c1-3-8-26(27-30-31-32-34(27)17-21-9-5-4-6-10-21)33(19-24-11-7-14-36-24)18-23-16-22-15-20(2)12-13-25(22)29-28(23)35/h4-7,9-16,26H,3,8,17-19H2,1-2H3,(H,29,35). The van der Waals surface area contributed by atoms with E-state index in [9.17, 15) is 4.79 Å². The molecule has 5 rings (SSSR count). The third-order valence-corrected chi connectivity index (χ3v) is 7.29. The summed E-state index contributed by atoms with van der Waals surface area (Å²) in [6.45, 7) is 6.06. The number of fused-ring (bicyclic) bond motifs is 1. The highest BCUT2D eigenvalue weighted by Crippen LogP contribution is 2.29. The van der Waals surface area contributed by atoms with Gasteiger partial charge in [0.25, 0.3) is 5.56 Å². The number of thiophene rings is 1. The van der Waals surface area contributed by atoms with Crippen LogP contribution in [0.1, 0.15) is 53.2 Å². The summed E-state index contributed by atoms with van der Waals surface area (Å²) in [5, 5.41) is 16.0. The van der Waals surface area contributed by atoms with Gasteiger partial charge in [-0.05, 0) is 64.4 Å². The van der Waals surface area contributed by atoms with Crippen molar-refractivity contribution in [1.82, 2.24) is 30.1 Å². The van der Waals surface area contributed by atoms with Gasteiger partial charge in [0.1, 0.15) is 0 Å². The van der Waals surface area contributed by atoms with Gasteiger partial charge in [0.15, 0.2) is 5.82 Å². The van der Waals surface area contributed by atoms with Crippen LogP contribution in [-0.2, 0) is 19.6 Å². The molecule has 36 heavy (non-hydrogen) atoms. The van der Waals surface area contributed by atoms with Gasteiger partial charge in [0.2, 0.25) is 0 Å². The minimum Gasteiger partial charge on any atom is -0.322 e. The predicted octanol–water partition coefficient (Wildman–Crippen LogP) is 5.48. The number of rotatable bonds is 10. The Labute approximate surface area is 214 Å². The van der Waals surface area contributed by atoms with E-state index >= 15 is 0 Å². The fourth-order valence-corrected chi connectivity index (χ4v) is 5.38. The molecular weight excluding hydrogens is 468 g/mol. The highest BCUT2D eigenvalue weighted by atomic mass is 32.1. The molecule has 2 aromatic carbocycles. The lowest BCUT2D eigenvalue weighted by atomic mass is 10.1. The van der Waals surface area contributed by atoms with E-state index in [1.165, 1.54) is 10.4 Å². The van der Waals surface area contributed by atoms with Crippen molar-refractivity contribution in [2.45, 2.75) is 52.4 Å². The topological polar surface area (TPSA) is 79.7 Å². The van der Waals surface area contributed by atoms with Crippen molar-refractivity contribution in [1.29, 1.82) is 0 Å². The van der Waals surface area contributed by atoms with E-state index in [0.29, 0.717) is 19.6 Å². The third-order valence-electron chi connectivity index (χ3n) is 6.42. The summed E-state index contributed by atoms with van der Waals surface area (Å²) in [4.78, 5) is 19.8.